The molecule has 0 bridgehead atoms. The molecule has 0 heterocycles. The number of carbonyl (C=O) groups is 1. The van der Waals surface area contributed by atoms with Gasteiger partial charge in [-0.1, -0.05) is 23.2 Å². The van der Waals surface area contributed by atoms with Crippen LogP contribution in [0.15, 0.2) is 18.2 Å². The highest BCUT2D eigenvalue weighted by Gasteiger charge is 2.26. The summed E-state index contributed by atoms with van der Waals surface area (Å²) in [6.45, 7) is 1.70. The fourth-order valence-corrected chi connectivity index (χ4v) is 1.91. The van der Waals surface area contributed by atoms with Crippen LogP contribution in [0.4, 0.5) is 0 Å². The number of ether oxygens (including phenoxy) is 1. The molecule has 1 aromatic rings. The molecule has 0 spiro atoms. The Kier molecular flexibility index (Phi) is 3.79. The van der Waals surface area contributed by atoms with E-state index in [0.29, 0.717) is 21.8 Å². The number of hydrogen-bond acceptors (Lipinski definition) is 2. The third-order valence-electron chi connectivity index (χ3n) is 2.44. The Morgan fingerprint density at radius 3 is 2.47 bits per heavy atom. The number of nitrogens with one attached hydrogen (secondary N) is 1. The third-order valence-corrected chi connectivity index (χ3v) is 2.88. The summed E-state index contributed by atoms with van der Waals surface area (Å²) in [5, 5.41) is 3.85. The zero-order chi connectivity index (χ0) is 12.4. The summed E-state index contributed by atoms with van der Waals surface area (Å²) in [5.74, 6) is 0.393. The van der Waals surface area contributed by atoms with Gasteiger partial charge in [-0.2, -0.15) is 0 Å². The van der Waals surface area contributed by atoms with E-state index < -0.39 is 6.10 Å². The minimum Gasteiger partial charge on any atom is -0.481 e. The number of benzene rings is 1. The average Bonchev–Trinajstić information content (AvgIpc) is 2.99. The molecular weight excluding hydrogens is 261 g/mol. The van der Waals surface area contributed by atoms with E-state index in [1.54, 1.807) is 25.1 Å². The molecule has 1 fully saturated rings. The minimum atomic E-state index is -0.551. The van der Waals surface area contributed by atoms with Gasteiger partial charge < -0.3 is 10.1 Å². The molecule has 17 heavy (non-hydrogen) atoms. The van der Waals surface area contributed by atoms with Crippen molar-refractivity contribution >= 4 is 29.1 Å². The molecule has 1 aliphatic carbocycles. The Bertz CT molecular complexity index is 412. The summed E-state index contributed by atoms with van der Waals surface area (Å²) in [7, 11) is 0. The van der Waals surface area contributed by atoms with Crippen molar-refractivity contribution in [3.05, 3.63) is 28.2 Å². The molecule has 0 unspecified atom stereocenters. The van der Waals surface area contributed by atoms with Crippen molar-refractivity contribution in [3.8, 4) is 5.75 Å². The first kappa shape index (κ1) is 12.5. The summed E-state index contributed by atoms with van der Waals surface area (Å²) < 4.78 is 5.49. The third kappa shape index (κ3) is 3.79. The largest absolute Gasteiger partial charge is 0.481 e. The second-order valence-electron chi connectivity index (χ2n) is 4.15. The van der Waals surface area contributed by atoms with Crippen LogP contribution >= 0.6 is 23.2 Å². The minimum absolute atomic E-state index is 0.108. The van der Waals surface area contributed by atoms with Crippen molar-refractivity contribution in [2.24, 2.45) is 0 Å². The number of halogens is 2. The summed E-state index contributed by atoms with van der Waals surface area (Å²) in [4.78, 5) is 11.7. The van der Waals surface area contributed by atoms with E-state index in [1.165, 1.54) is 0 Å². The van der Waals surface area contributed by atoms with Gasteiger partial charge in [-0.25, -0.2) is 0 Å². The van der Waals surface area contributed by atoms with Gasteiger partial charge in [-0.05, 0) is 38.0 Å². The molecule has 0 saturated heterocycles. The Balaban J connectivity index is 1.96. The second kappa shape index (κ2) is 5.15. The molecule has 0 radical (unpaired) electrons. The summed E-state index contributed by atoms with van der Waals surface area (Å²) >= 11 is 11.7. The molecule has 0 aliphatic heterocycles. The Morgan fingerprint density at radius 1 is 1.35 bits per heavy atom. The van der Waals surface area contributed by atoms with Gasteiger partial charge in [0.15, 0.2) is 6.10 Å². The predicted molar refractivity (Wildman–Crippen MR) is 67.7 cm³/mol. The SMILES string of the molecule is C[C@@H](Oc1cc(Cl)cc(Cl)c1)C(=O)NC1CC1. The van der Waals surface area contributed by atoms with Gasteiger partial charge >= 0.3 is 0 Å². The van der Waals surface area contributed by atoms with Crippen LogP contribution in [0.1, 0.15) is 19.8 Å². The van der Waals surface area contributed by atoms with Crippen LogP contribution in [-0.4, -0.2) is 18.1 Å². The highest BCUT2D eigenvalue weighted by atomic mass is 35.5. The summed E-state index contributed by atoms with van der Waals surface area (Å²) in [6, 6.07) is 5.21. The van der Waals surface area contributed by atoms with Crippen LogP contribution in [0, 0.1) is 0 Å². The molecule has 1 aliphatic rings. The van der Waals surface area contributed by atoms with Gasteiger partial charge in [0.25, 0.3) is 5.91 Å². The van der Waals surface area contributed by atoms with Crippen LogP contribution in [-0.2, 0) is 4.79 Å². The first-order valence-corrected chi connectivity index (χ1v) is 6.23. The van der Waals surface area contributed by atoms with Crippen LogP contribution in [0.2, 0.25) is 10.0 Å². The highest BCUT2D eigenvalue weighted by molar-refractivity contribution is 6.34. The van der Waals surface area contributed by atoms with Crippen LogP contribution < -0.4 is 10.1 Å². The van der Waals surface area contributed by atoms with E-state index in [-0.39, 0.29) is 5.91 Å². The lowest BCUT2D eigenvalue weighted by molar-refractivity contribution is -0.127. The maximum Gasteiger partial charge on any atom is 0.260 e. The highest BCUT2D eigenvalue weighted by Crippen LogP contribution is 2.25. The Hall–Kier alpha value is -0.930. The quantitative estimate of drug-likeness (QED) is 0.916. The molecule has 1 saturated carbocycles. The normalized spacial score (nSPS) is 16.4. The fourth-order valence-electron chi connectivity index (χ4n) is 1.40. The van der Waals surface area contributed by atoms with Crippen molar-refractivity contribution in [2.45, 2.75) is 31.9 Å². The number of amides is 1. The summed E-state index contributed by atoms with van der Waals surface area (Å²) in [5.41, 5.74) is 0. The zero-order valence-electron chi connectivity index (χ0n) is 9.37. The van der Waals surface area contributed by atoms with Crippen molar-refractivity contribution in [3.63, 3.8) is 0 Å². The van der Waals surface area contributed by atoms with Crippen LogP contribution in [0.3, 0.4) is 0 Å². The summed E-state index contributed by atoms with van der Waals surface area (Å²) in [6.07, 6.45) is 1.56. The van der Waals surface area contributed by atoms with E-state index in [1.807, 2.05) is 0 Å². The van der Waals surface area contributed by atoms with Crippen LogP contribution in [0.25, 0.3) is 0 Å². The maximum absolute atomic E-state index is 11.7. The molecule has 1 aromatic carbocycles. The van der Waals surface area contributed by atoms with Crippen molar-refractivity contribution in [1.29, 1.82) is 0 Å². The van der Waals surface area contributed by atoms with E-state index in [2.05, 4.69) is 5.32 Å². The van der Waals surface area contributed by atoms with Gasteiger partial charge in [-0.15, -0.1) is 0 Å². The van der Waals surface area contributed by atoms with Gasteiger partial charge in [0, 0.05) is 16.1 Å². The number of carbonyl (C=O) groups excluding carboxylic acids is 1. The van der Waals surface area contributed by atoms with Crippen molar-refractivity contribution in [1.82, 2.24) is 5.32 Å². The van der Waals surface area contributed by atoms with Gasteiger partial charge in [0.1, 0.15) is 5.75 Å². The van der Waals surface area contributed by atoms with Crippen LogP contribution in [0.5, 0.6) is 5.75 Å². The smallest absolute Gasteiger partial charge is 0.260 e. The molecule has 1 atom stereocenters. The standard InChI is InChI=1S/C12H13Cl2NO2/c1-7(12(16)15-10-2-3-10)17-11-5-8(13)4-9(14)6-11/h4-7,10H,2-3H2,1H3,(H,15,16)/t7-/m1/s1. The lowest BCUT2D eigenvalue weighted by Gasteiger charge is -2.14. The van der Waals surface area contributed by atoms with E-state index in [0.717, 1.165) is 12.8 Å². The number of rotatable bonds is 4. The Morgan fingerprint density at radius 2 is 1.94 bits per heavy atom. The van der Waals surface area contributed by atoms with Crippen molar-refractivity contribution in [2.75, 3.05) is 0 Å². The molecule has 1 N–H and O–H groups in total. The molecule has 5 heteroatoms. The van der Waals surface area contributed by atoms with Gasteiger partial charge in [0.05, 0.1) is 0 Å². The maximum atomic E-state index is 11.7. The van der Waals surface area contributed by atoms with Gasteiger partial charge in [0.2, 0.25) is 0 Å². The zero-order valence-corrected chi connectivity index (χ0v) is 10.9. The monoisotopic (exact) mass is 273 g/mol. The predicted octanol–water partition coefficient (Wildman–Crippen LogP) is 3.04. The lowest BCUT2D eigenvalue weighted by atomic mass is 10.3. The Labute approximate surface area is 110 Å². The molecule has 1 amide bonds. The van der Waals surface area contributed by atoms with E-state index in [9.17, 15) is 4.79 Å². The molecule has 3 nitrogen and oxygen atoms in total. The molecule has 92 valence electrons. The molecular formula is C12H13Cl2NO2. The van der Waals surface area contributed by atoms with E-state index in [4.69, 9.17) is 27.9 Å². The average molecular weight is 274 g/mol. The topological polar surface area (TPSA) is 38.3 Å². The number of hydrogen-bond donors (Lipinski definition) is 1. The van der Waals surface area contributed by atoms with Gasteiger partial charge in [-0.3, -0.25) is 4.79 Å². The lowest BCUT2D eigenvalue weighted by Crippen LogP contribution is -2.37. The van der Waals surface area contributed by atoms with Crippen molar-refractivity contribution < 1.29 is 9.53 Å². The molecule has 2 rings (SSSR count). The molecule has 0 aromatic heterocycles. The first-order valence-electron chi connectivity index (χ1n) is 5.48. The first-order chi connectivity index (χ1) is 8.04. The van der Waals surface area contributed by atoms with E-state index >= 15 is 0 Å². The second-order valence-corrected chi connectivity index (χ2v) is 5.02. The fraction of sp³-hybridized carbons (Fsp3) is 0.417.